The molecule has 0 bridgehead atoms. The highest BCUT2D eigenvalue weighted by Gasteiger charge is 2.26. The lowest BCUT2D eigenvalue weighted by molar-refractivity contribution is -0.130. The summed E-state index contributed by atoms with van der Waals surface area (Å²) in [4.78, 5) is 18.0. The molecule has 5 heteroatoms. The van der Waals surface area contributed by atoms with Gasteiger partial charge in [-0.25, -0.2) is 0 Å². The Morgan fingerprint density at radius 3 is 2.75 bits per heavy atom. The molecule has 132 valence electrons. The van der Waals surface area contributed by atoms with E-state index in [1.807, 2.05) is 23.1 Å². The number of carbonyl (C=O) groups excluding carboxylic acids is 1. The van der Waals surface area contributed by atoms with Gasteiger partial charge in [0, 0.05) is 36.7 Å². The predicted molar refractivity (Wildman–Crippen MR) is 98.4 cm³/mol. The van der Waals surface area contributed by atoms with Crippen molar-refractivity contribution in [2.24, 2.45) is 0 Å². The molecular weight excluding hydrogens is 320 g/mol. The monoisotopic (exact) mass is 348 g/mol. The molecule has 0 saturated carbocycles. The van der Waals surface area contributed by atoms with Crippen LogP contribution in [0.25, 0.3) is 0 Å². The summed E-state index contributed by atoms with van der Waals surface area (Å²) in [5.74, 6) is 1.11. The van der Waals surface area contributed by atoms with E-state index in [1.54, 1.807) is 11.8 Å². The van der Waals surface area contributed by atoms with E-state index in [-0.39, 0.29) is 12.0 Å². The number of likely N-dealkylation sites (tertiary alicyclic amines) is 2. The van der Waals surface area contributed by atoms with E-state index in [9.17, 15) is 4.79 Å². The van der Waals surface area contributed by atoms with Gasteiger partial charge in [0.25, 0.3) is 0 Å². The third kappa shape index (κ3) is 5.50. The molecule has 0 aliphatic carbocycles. The molecule has 3 rings (SSSR count). The van der Waals surface area contributed by atoms with Crippen molar-refractivity contribution in [2.75, 3.05) is 45.1 Å². The molecule has 4 nitrogen and oxygen atoms in total. The lowest BCUT2D eigenvalue weighted by Crippen LogP contribution is -2.31. The molecule has 0 N–H and O–H groups in total. The van der Waals surface area contributed by atoms with Crippen molar-refractivity contribution in [1.82, 2.24) is 9.80 Å². The zero-order valence-electron chi connectivity index (χ0n) is 14.4. The summed E-state index contributed by atoms with van der Waals surface area (Å²) in [6, 6.07) is 10.3. The Morgan fingerprint density at radius 2 is 1.96 bits per heavy atom. The Bertz CT molecular complexity index is 505. The zero-order chi connectivity index (χ0) is 16.6. The van der Waals surface area contributed by atoms with Crippen molar-refractivity contribution in [3.63, 3.8) is 0 Å². The van der Waals surface area contributed by atoms with Gasteiger partial charge in [-0.3, -0.25) is 4.79 Å². The second-order valence-electron chi connectivity index (χ2n) is 6.58. The lowest BCUT2D eigenvalue weighted by Gasteiger charge is -2.18. The number of nitrogens with zero attached hydrogens (tertiary/aromatic N) is 2. The van der Waals surface area contributed by atoms with E-state index in [2.05, 4.69) is 17.0 Å². The maximum Gasteiger partial charge on any atom is 0.223 e. The molecule has 1 aromatic rings. The molecular formula is C19H28N2O2S. The molecule has 1 amide bonds. The Labute approximate surface area is 149 Å². The molecule has 0 unspecified atom stereocenters. The largest absolute Gasteiger partial charge is 0.375 e. The van der Waals surface area contributed by atoms with Gasteiger partial charge in [0.2, 0.25) is 5.91 Å². The molecule has 1 aromatic carbocycles. The van der Waals surface area contributed by atoms with Crippen LogP contribution < -0.4 is 0 Å². The average Bonchev–Trinajstić information content (AvgIpc) is 3.28. The number of hydrogen-bond acceptors (Lipinski definition) is 4. The van der Waals surface area contributed by atoms with E-state index < -0.39 is 0 Å². The van der Waals surface area contributed by atoms with Crippen molar-refractivity contribution in [3.05, 3.63) is 30.3 Å². The second kappa shape index (κ2) is 9.44. The van der Waals surface area contributed by atoms with Crippen LogP contribution in [0.1, 0.15) is 25.7 Å². The molecule has 2 saturated heterocycles. The fourth-order valence-electron chi connectivity index (χ4n) is 3.38. The van der Waals surface area contributed by atoms with Gasteiger partial charge in [-0.2, -0.15) is 0 Å². The van der Waals surface area contributed by atoms with Gasteiger partial charge in [0.15, 0.2) is 0 Å². The number of hydrogen-bond donors (Lipinski definition) is 0. The average molecular weight is 349 g/mol. The van der Waals surface area contributed by atoms with Gasteiger partial charge in [-0.15, -0.1) is 11.8 Å². The van der Waals surface area contributed by atoms with Crippen LogP contribution in [0.3, 0.4) is 0 Å². The van der Waals surface area contributed by atoms with Crippen LogP contribution in [0.15, 0.2) is 35.2 Å². The highest BCUT2D eigenvalue weighted by molar-refractivity contribution is 7.99. The topological polar surface area (TPSA) is 32.8 Å². The summed E-state index contributed by atoms with van der Waals surface area (Å²) >= 11 is 1.75. The van der Waals surface area contributed by atoms with Crippen LogP contribution in [0.4, 0.5) is 0 Å². The molecule has 1 atom stereocenters. The highest BCUT2D eigenvalue weighted by atomic mass is 32.2. The summed E-state index contributed by atoms with van der Waals surface area (Å²) in [6.07, 6.45) is 4.48. The van der Waals surface area contributed by atoms with Crippen molar-refractivity contribution >= 4 is 17.7 Å². The fourth-order valence-corrected chi connectivity index (χ4v) is 4.24. The quantitative estimate of drug-likeness (QED) is 0.676. The first-order valence-corrected chi connectivity index (χ1v) is 10.1. The van der Waals surface area contributed by atoms with Crippen LogP contribution >= 0.6 is 11.8 Å². The first-order chi connectivity index (χ1) is 11.8. The molecule has 0 aromatic heterocycles. The fraction of sp³-hybridized carbons (Fsp3) is 0.632. The second-order valence-corrected chi connectivity index (χ2v) is 7.75. The third-order valence-corrected chi connectivity index (χ3v) is 5.80. The molecule has 0 radical (unpaired) electrons. The smallest absolute Gasteiger partial charge is 0.223 e. The molecule has 24 heavy (non-hydrogen) atoms. The van der Waals surface area contributed by atoms with Crippen molar-refractivity contribution in [1.29, 1.82) is 0 Å². The molecule has 2 aliphatic heterocycles. The number of thioether (sulfide) groups is 1. The van der Waals surface area contributed by atoms with Gasteiger partial charge in [0.1, 0.15) is 0 Å². The Balaban J connectivity index is 1.29. The minimum absolute atomic E-state index is 0.235. The Kier molecular flexibility index (Phi) is 6.99. The van der Waals surface area contributed by atoms with Crippen LogP contribution in [0.2, 0.25) is 0 Å². The number of rotatable bonds is 8. The number of carbonyl (C=O) groups is 1. The standard InChI is InChI=1S/C19H28N2O2S/c22-19(9-15-24-18-6-2-1-3-7-18)21-12-8-17(16-21)23-14-13-20-10-4-5-11-20/h1-3,6-7,17H,4-5,8-16H2/t17-/m1/s1. The van der Waals surface area contributed by atoms with E-state index in [0.717, 1.165) is 38.4 Å². The van der Waals surface area contributed by atoms with Crippen LogP contribution in [-0.4, -0.2) is 66.9 Å². The molecule has 2 aliphatic rings. The summed E-state index contributed by atoms with van der Waals surface area (Å²) in [5.41, 5.74) is 0. The summed E-state index contributed by atoms with van der Waals surface area (Å²) in [6.45, 7) is 5.90. The van der Waals surface area contributed by atoms with E-state index in [0.29, 0.717) is 6.42 Å². The number of ether oxygens (including phenoxy) is 1. The minimum atomic E-state index is 0.235. The van der Waals surface area contributed by atoms with Gasteiger partial charge in [-0.05, 0) is 44.5 Å². The van der Waals surface area contributed by atoms with Gasteiger partial charge in [-0.1, -0.05) is 18.2 Å². The van der Waals surface area contributed by atoms with E-state index in [1.165, 1.54) is 30.8 Å². The van der Waals surface area contributed by atoms with Gasteiger partial charge >= 0.3 is 0 Å². The molecule has 0 spiro atoms. The maximum atomic E-state index is 12.3. The Morgan fingerprint density at radius 1 is 1.17 bits per heavy atom. The lowest BCUT2D eigenvalue weighted by atomic mass is 10.3. The number of benzene rings is 1. The predicted octanol–water partition coefficient (Wildman–Crippen LogP) is 2.88. The first-order valence-electron chi connectivity index (χ1n) is 9.11. The SMILES string of the molecule is O=C(CCSc1ccccc1)N1CC[C@@H](OCCN2CCCC2)C1. The number of amides is 1. The third-order valence-electron chi connectivity index (χ3n) is 4.79. The van der Waals surface area contributed by atoms with Crippen molar-refractivity contribution < 1.29 is 9.53 Å². The highest BCUT2D eigenvalue weighted by Crippen LogP contribution is 2.20. The van der Waals surface area contributed by atoms with Gasteiger partial charge < -0.3 is 14.5 Å². The van der Waals surface area contributed by atoms with Gasteiger partial charge in [0.05, 0.1) is 12.7 Å². The van der Waals surface area contributed by atoms with Crippen LogP contribution in [0.5, 0.6) is 0 Å². The summed E-state index contributed by atoms with van der Waals surface area (Å²) in [5, 5.41) is 0. The van der Waals surface area contributed by atoms with Crippen molar-refractivity contribution in [2.45, 2.75) is 36.7 Å². The van der Waals surface area contributed by atoms with E-state index >= 15 is 0 Å². The minimum Gasteiger partial charge on any atom is -0.375 e. The maximum absolute atomic E-state index is 12.3. The molecule has 2 fully saturated rings. The Hall–Kier alpha value is -1.04. The first kappa shape index (κ1) is 17.8. The summed E-state index contributed by atoms with van der Waals surface area (Å²) < 4.78 is 5.98. The van der Waals surface area contributed by atoms with E-state index in [4.69, 9.17) is 4.74 Å². The summed E-state index contributed by atoms with van der Waals surface area (Å²) in [7, 11) is 0. The van der Waals surface area contributed by atoms with Crippen LogP contribution in [-0.2, 0) is 9.53 Å². The zero-order valence-corrected chi connectivity index (χ0v) is 15.2. The normalized spacial score (nSPS) is 21.5. The van der Waals surface area contributed by atoms with Crippen molar-refractivity contribution in [3.8, 4) is 0 Å². The van der Waals surface area contributed by atoms with Crippen LogP contribution in [0, 0.1) is 0 Å². The molecule has 2 heterocycles.